The smallest absolute Gasteiger partial charge is 0.332 e. The number of amides is 4. The normalized spacial score (nSPS) is 21.6. The van der Waals surface area contributed by atoms with E-state index in [0.717, 1.165) is 49.6 Å². The van der Waals surface area contributed by atoms with Crippen LogP contribution in [-0.2, 0) is 22.4 Å². The molecule has 1 atom stereocenters. The average molecular weight is 426 g/mol. The highest BCUT2D eigenvalue weighted by Gasteiger charge is 2.64. The van der Waals surface area contributed by atoms with Gasteiger partial charge in [0.15, 0.2) is 5.41 Å². The van der Waals surface area contributed by atoms with Crippen LogP contribution >= 0.6 is 0 Å². The standard InChI is InChI=1S/C25H22N4O3/c1-27-22(30)25(23(31)28(2)24(27)32)14-17-13-16-8-4-6-10-19(16)26-21(17)29-12-11-15-7-3-5-9-18(15)20(25)29/h3-10,13,20H,11-12,14H2,1-2H3/t20-/m0/s1. The second-order valence-electron chi connectivity index (χ2n) is 8.87. The first-order valence-corrected chi connectivity index (χ1v) is 10.8. The van der Waals surface area contributed by atoms with Gasteiger partial charge in [0, 0.05) is 32.4 Å². The Labute approximate surface area is 185 Å². The molecule has 1 aromatic heterocycles. The van der Waals surface area contributed by atoms with Crippen LogP contribution in [0.4, 0.5) is 10.6 Å². The summed E-state index contributed by atoms with van der Waals surface area (Å²) in [6.07, 6.45) is 0.999. The third kappa shape index (κ3) is 2.25. The molecule has 0 radical (unpaired) electrons. The Morgan fingerprint density at radius 1 is 0.906 bits per heavy atom. The predicted octanol–water partition coefficient (Wildman–Crippen LogP) is 2.93. The number of aromatic nitrogens is 1. The lowest BCUT2D eigenvalue weighted by atomic mass is 9.64. The molecular formula is C25H22N4O3. The molecule has 0 aliphatic carbocycles. The number of carbonyl (C=O) groups is 3. The number of urea groups is 1. The summed E-state index contributed by atoms with van der Waals surface area (Å²) in [4.78, 5) is 49.5. The van der Waals surface area contributed by atoms with E-state index in [1.165, 1.54) is 14.1 Å². The molecule has 1 spiro atoms. The van der Waals surface area contributed by atoms with E-state index in [1.807, 2.05) is 48.5 Å². The summed E-state index contributed by atoms with van der Waals surface area (Å²) in [5.41, 5.74) is 2.39. The fourth-order valence-electron chi connectivity index (χ4n) is 5.73. The first-order valence-electron chi connectivity index (χ1n) is 10.8. The highest BCUT2D eigenvalue weighted by atomic mass is 16.2. The number of rotatable bonds is 0. The largest absolute Gasteiger partial charge is 0.347 e. The van der Waals surface area contributed by atoms with Gasteiger partial charge in [0.25, 0.3) is 0 Å². The van der Waals surface area contributed by atoms with Crippen molar-refractivity contribution in [2.75, 3.05) is 25.5 Å². The third-order valence-corrected chi connectivity index (χ3v) is 7.22. The first-order chi connectivity index (χ1) is 15.4. The van der Waals surface area contributed by atoms with Crippen molar-refractivity contribution in [2.45, 2.75) is 18.9 Å². The molecule has 0 bridgehead atoms. The Hall–Kier alpha value is -3.74. The zero-order valence-electron chi connectivity index (χ0n) is 17.9. The topological polar surface area (TPSA) is 73.8 Å². The number of fused-ring (bicyclic) bond motifs is 7. The Morgan fingerprint density at radius 2 is 1.59 bits per heavy atom. The van der Waals surface area contributed by atoms with Gasteiger partial charge in [-0.3, -0.25) is 19.4 Å². The summed E-state index contributed by atoms with van der Waals surface area (Å²) >= 11 is 0. The fourth-order valence-corrected chi connectivity index (χ4v) is 5.73. The maximum Gasteiger partial charge on any atom is 0.332 e. The van der Waals surface area contributed by atoms with Crippen molar-refractivity contribution in [1.29, 1.82) is 0 Å². The number of anilines is 1. The number of carbonyl (C=O) groups excluding carboxylic acids is 3. The fraction of sp³-hybridized carbons (Fsp3) is 0.280. The van der Waals surface area contributed by atoms with Crippen LogP contribution < -0.4 is 4.90 Å². The van der Waals surface area contributed by atoms with Gasteiger partial charge >= 0.3 is 6.03 Å². The van der Waals surface area contributed by atoms with E-state index < -0.39 is 29.3 Å². The number of hydrogen-bond acceptors (Lipinski definition) is 5. The van der Waals surface area contributed by atoms with Crippen molar-refractivity contribution in [3.8, 4) is 0 Å². The molecule has 7 heteroatoms. The Balaban J connectivity index is 1.66. The molecule has 6 rings (SSSR count). The molecule has 160 valence electrons. The van der Waals surface area contributed by atoms with Crippen molar-refractivity contribution in [1.82, 2.24) is 14.8 Å². The van der Waals surface area contributed by atoms with Crippen molar-refractivity contribution in [2.24, 2.45) is 5.41 Å². The van der Waals surface area contributed by atoms with E-state index in [9.17, 15) is 14.4 Å². The molecule has 0 saturated carbocycles. The Kier molecular flexibility index (Phi) is 3.79. The van der Waals surface area contributed by atoms with Gasteiger partial charge in [-0.15, -0.1) is 0 Å². The number of pyridine rings is 1. The van der Waals surface area contributed by atoms with Gasteiger partial charge in [0.05, 0.1) is 11.6 Å². The van der Waals surface area contributed by atoms with Gasteiger partial charge in [0.2, 0.25) is 11.8 Å². The summed E-state index contributed by atoms with van der Waals surface area (Å²) in [6.45, 7) is 0.643. The van der Waals surface area contributed by atoms with Crippen molar-refractivity contribution in [3.05, 3.63) is 71.3 Å². The van der Waals surface area contributed by atoms with Gasteiger partial charge in [-0.2, -0.15) is 0 Å². The first kappa shape index (κ1) is 19.0. The van der Waals surface area contributed by atoms with Crippen LogP contribution in [-0.4, -0.2) is 53.3 Å². The summed E-state index contributed by atoms with van der Waals surface area (Å²) in [5.74, 6) is -0.0798. The van der Waals surface area contributed by atoms with E-state index in [4.69, 9.17) is 4.98 Å². The van der Waals surface area contributed by atoms with Crippen molar-refractivity contribution in [3.63, 3.8) is 0 Å². The number of para-hydroxylation sites is 1. The molecule has 1 fully saturated rings. The molecule has 3 aliphatic rings. The van der Waals surface area contributed by atoms with Gasteiger partial charge < -0.3 is 4.90 Å². The minimum atomic E-state index is -1.43. The van der Waals surface area contributed by atoms with Crippen LogP contribution in [0, 0.1) is 5.41 Å². The lowest BCUT2D eigenvalue weighted by molar-refractivity contribution is -0.159. The minimum absolute atomic E-state index is 0.204. The summed E-state index contributed by atoms with van der Waals surface area (Å²) < 4.78 is 0. The second kappa shape index (κ2) is 6.38. The van der Waals surface area contributed by atoms with Gasteiger partial charge in [0.1, 0.15) is 5.82 Å². The molecule has 2 aromatic carbocycles. The maximum absolute atomic E-state index is 13.8. The van der Waals surface area contributed by atoms with Crippen LogP contribution in [0.3, 0.4) is 0 Å². The number of benzene rings is 2. The second-order valence-corrected chi connectivity index (χ2v) is 8.87. The van der Waals surface area contributed by atoms with Crippen molar-refractivity contribution >= 4 is 34.6 Å². The third-order valence-electron chi connectivity index (χ3n) is 7.22. The average Bonchev–Trinajstić information content (AvgIpc) is 2.83. The monoisotopic (exact) mass is 426 g/mol. The molecule has 0 N–H and O–H groups in total. The zero-order chi connectivity index (χ0) is 22.2. The SMILES string of the molecule is CN1C(=O)N(C)C(=O)C2(Cc3cc4ccccc4nc3N3CCc4ccccc4[C@H]32)C1=O. The van der Waals surface area contributed by atoms with Crippen LogP contribution in [0.1, 0.15) is 22.7 Å². The molecule has 1 saturated heterocycles. The van der Waals surface area contributed by atoms with E-state index in [2.05, 4.69) is 11.0 Å². The molecular weight excluding hydrogens is 404 g/mol. The summed E-state index contributed by atoms with van der Waals surface area (Å²) in [7, 11) is 2.92. The zero-order valence-corrected chi connectivity index (χ0v) is 17.9. The summed E-state index contributed by atoms with van der Waals surface area (Å²) in [5, 5.41) is 0.964. The van der Waals surface area contributed by atoms with Crippen LogP contribution in [0.25, 0.3) is 10.9 Å². The Bertz CT molecular complexity index is 1310. The van der Waals surface area contributed by atoms with Crippen LogP contribution in [0.5, 0.6) is 0 Å². The Morgan fingerprint density at radius 3 is 2.38 bits per heavy atom. The molecule has 7 nitrogen and oxygen atoms in total. The molecule has 3 aliphatic heterocycles. The highest BCUT2D eigenvalue weighted by molar-refractivity contribution is 6.20. The molecule has 4 amide bonds. The van der Waals surface area contributed by atoms with E-state index in [-0.39, 0.29) is 6.42 Å². The minimum Gasteiger partial charge on any atom is -0.347 e. The molecule has 0 unspecified atom stereocenters. The number of barbiturate groups is 1. The predicted molar refractivity (Wildman–Crippen MR) is 119 cm³/mol. The molecule has 3 aromatic rings. The highest BCUT2D eigenvalue weighted by Crippen LogP contribution is 2.54. The molecule has 32 heavy (non-hydrogen) atoms. The van der Waals surface area contributed by atoms with Crippen molar-refractivity contribution < 1.29 is 14.4 Å². The lowest BCUT2D eigenvalue weighted by Crippen LogP contribution is -2.69. The van der Waals surface area contributed by atoms with Crippen LogP contribution in [0.2, 0.25) is 0 Å². The van der Waals surface area contributed by atoms with Gasteiger partial charge in [-0.25, -0.2) is 9.78 Å². The number of imide groups is 2. The van der Waals surface area contributed by atoms with Crippen LogP contribution in [0.15, 0.2) is 54.6 Å². The van der Waals surface area contributed by atoms with E-state index in [0.29, 0.717) is 6.54 Å². The van der Waals surface area contributed by atoms with E-state index >= 15 is 0 Å². The molecule has 4 heterocycles. The quantitative estimate of drug-likeness (QED) is 0.517. The van der Waals surface area contributed by atoms with Gasteiger partial charge in [-0.1, -0.05) is 42.5 Å². The summed E-state index contributed by atoms with van der Waals surface area (Å²) in [6, 6.07) is 16.8. The van der Waals surface area contributed by atoms with E-state index in [1.54, 1.807) is 0 Å². The van der Waals surface area contributed by atoms with Gasteiger partial charge in [-0.05, 0) is 35.2 Å². The maximum atomic E-state index is 13.8. The number of nitrogens with zero attached hydrogens (tertiary/aromatic N) is 4. The lowest BCUT2D eigenvalue weighted by Gasteiger charge is -2.54. The number of hydrogen-bond donors (Lipinski definition) is 0.